The molecule has 4 amide bonds. The van der Waals surface area contributed by atoms with Gasteiger partial charge in [0.05, 0.1) is 26.3 Å². The predicted octanol–water partition coefficient (Wildman–Crippen LogP) is 8.87. The number of benzene rings is 4. The minimum Gasteiger partial charge on any atom is -0.338 e. The molecule has 2 aliphatic heterocycles. The molecule has 6 rings (SSSR count). The van der Waals surface area contributed by atoms with E-state index in [2.05, 4.69) is 27.5 Å². The van der Waals surface area contributed by atoms with E-state index >= 15 is 4.79 Å². The van der Waals surface area contributed by atoms with Gasteiger partial charge in [0.2, 0.25) is 14.4 Å². The number of ether oxygens (including phenoxy) is 2. The summed E-state index contributed by atoms with van der Waals surface area (Å²) in [6, 6.07) is 30.9. The molecule has 1 unspecified atom stereocenters. The third-order valence-electron chi connectivity index (χ3n) is 14.5. The van der Waals surface area contributed by atoms with Crippen LogP contribution in [0.3, 0.4) is 0 Å². The first-order chi connectivity index (χ1) is 36.6. The molecular formula is C55H78N8O11P2S. The van der Waals surface area contributed by atoms with Gasteiger partial charge in [0, 0.05) is 17.4 Å². The van der Waals surface area contributed by atoms with Crippen LogP contribution in [-0.4, -0.2) is 114 Å². The minimum atomic E-state index is -5.16. The number of hydrogen-bond donors (Lipinski definition) is 8. The Balaban J connectivity index is 0.00000264. The Bertz CT molecular complexity index is 2570. The van der Waals surface area contributed by atoms with E-state index in [0.29, 0.717) is 54.5 Å². The fourth-order valence-corrected chi connectivity index (χ4v) is 16.9. The normalized spacial score (nSPS) is 17.1. The van der Waals surface area contributed by atoms with Crippen LogP contribution < -0.4 is 30.9 Å². The summed E-state index contributed by atoms with van der Waals surface area (Å²) in [5.74, 6) is 1.90. The van der Waals surface area contributed by atoms with E-state index in [-0.39, 0.29) is 78.8 Å². The number of carbonyl (C=O) groups excluding carboxylic acids is 3. The number of hydrogen-bond acceptors (Lipinski definition) is 15. The molecule has 2 aliphatic rings. The molecule has 0 spiro atoms. The van der Waals surface area contributed by atoms with Gasteiger partial charge in [-0.15, -0.1) is 0 Å². The van der Waals surface area contributed by atoms with Crippen LogP contribution in [0.5, 0.6) is 11.5 Å². The maximum atomic E-state index is 15.5. The largest absolute Gasteiger partial charge is 0.338 e. The van der Waals surface area contributed by atoms with Crippen molar-refractivity contribution in [2.24, 2.45) is 5.50 Å². The molecule has 0 radical (unpaired) electrons. The molecule has 2 saturated heterocycles. The summed E-state index contributed by atoms with van der Waals surface area (Å²) in [4.78, 5) is 95.0. The van der Waals surface area contributed by atoms with Gasteiger partial charge < -0.3 is 25.7 Å². The van der Waals surface area contributed by atoms with Crippen LogP contribution in [0.25, 0.3) is 0 Å². The van der Waals surface area contributed by atoms with Crippen LogP contribution in [0.1, 0.15) is 126 Å². The molecule has 22 heteroatoms. The molecule has 0 bridgehead atoms. The molecule has 9 N–H and O–H groups in total. The summed E-state index contributed by atoms with van der Waals surface area (Å²) < 4.78 is 12.8. The van der Waals surface area contributed by atoms with E-state index in [1.807, 2.05) is 123 Å². The maximum Gasteiger partial charge on any atom is 0.247 e. The van der Waals surface area contributed by atoms with Crippen LogP contribution in [0.2, 0.25) is 0 Å². The van der Waals surface area contributed by atoms with Gasteiger partial charge in [0.25, 0.3) is 0 Å². The topological polar surface area (TPSA) is 286 Å². The molecule has 4 aromatic carbocycles. The second-order valence-electron chi connectivity index (χ2n) is 20.1. The number of methoxy groups -OCH3 is 2. The average molecular weight is 1120 g/mol. The summed E-state index contributed by atoms with van der Waals surface area (Å²) in [5.41, 5.74) is 4.31. The molecular weight excluding hydrogens is 1040 g/mol. The average Bonchev–Trinajstić information content (AvgIpc) is 4.05. The van der Waals surface area contributed by atoms with Gasteiger partial charge in [-0.25, -0.2) is 4.79 Å². The summed E-state index contributed by atoms with van der Waals surface area (Å²) in [7, 11) is -4.11. The van der Waals surface area contributed by atoms with E-state index in [0.717, 1.165) is 41.7 Å². The van der Waals surface area contributed by atoms with Crippen molar-refractivity contribution in [3.05, 3.63) is 135 Å². The first-order valence-corrected chi connectivity index (χ1v) is 30.8. The number of carbonyl (C=O) groups is 3. The summed E-state index contributed by atoms with van der Waals surface area (Å²) in [5, 5.41) is 32.1. The molecule has 2 heterocycles. The minimum absolute atomic E-state index is 0.0160. The van der Waals surface area contributed by atoms with Gasteiger partial charge in [-0.3, -0.25) is 10.3 Å². The van der Waals surface area contributed by atoms with Gasteiger partial charge in [-0.1, -0.05) is 6.42 Å². The molecule has 420 valence electrons. The zero-order chi connectivity index (χ0) is 56.5. The Labute approximate surface area is 458 Å². The van der Waals surface area contributed by atoms with Crippen LogP contribution >= 0.6 is 27.5 Å². The van der Waals surface area contributed by atoms with Gasteiger partial charge in [-0.2, -0.15) is 11.8 Å². The molecule has 0 saturated carbocycles. The number of amides is 4. The van der Waals surface area contributed by atoms with E-state index < -0.39 is 31.9 Å². The molecule has 2 fully saturated rings. The molecule has 4 atom stereocenters. The zero-order valence-corrected chi connectivity index (χ0v) is 47.8. The number of fused-ring (bicyclic) bond motifs is 1. The van der Waals surface area contributed by atoms with Gasteiger partial charge in [0.1, 0.15) is 0 Å². The molecule has 77 heavy (non-hydrogen) atoms. The first kappa shape index (κ1) is 62.4. The van der Waals surface area contributed by atoms with Crippen molar-refractivity contribution >= 4 is 51.0 Å². The summed E-state index contributed by atoms with van der Waals surface area (Å²) in [6.07, 6.45) is 4.45. The molecule has 4 aromatic rings. The van der Waals surface area contributed by atoms with Crippen LogP contribution in [0.4, 0.5) is 10.5 Å². The van der Waals surface area contributed by atoms with Crippen LogP contribution in [0, 0.1) is 21.4 Å². The quantitative estimate of drug-likeness (QED) is 0.00691. The smallest absolute Gasteiger partial charge is 0.247 e. The molecule has 19 nitrogen and oxygen atoms in total. The second kappa shape index (κ2) is 28.4. The van der Waals surface area contributed by atoms with E-state index in [1.165, 1.54) is 6.07 Å². The SMILES string of the molecule is COc1ccc(C(c2ccccc2)(c2ccc(OC)cc2)N(Cc2ccc([N+](=O)[O-])c(C(C)P(O)(O)(CCC#N)N(C(C)C)C(C)C)c2)C(=O)CCCCCNC(=O)CCCC[C@@H]2SC[C@@H]3NC(=O)N[C@@H]32)cc1.NP(O)O. The van der Waals surface area contributed by atoms with Crippen molar-refractivity contribution in [2.45, 2.75) is 140 Å². The maximum absolute atomic E-state index is 15.5. The number of nitro benzene ring substituents is 1. The van der Waals surface area contributed by atoms with E-state index in [1.54, 1.807) is 37.9 Å². The fourth-order valence-electron chi connectivity index (χ4n) is 11.1. The van der Waals surface area contributed by atoms with Crippen molar-refractivity contribution < 1.29 is 48.4 Å². The van der Waals surface area contributed by atoms with E-state index in [4.69, 9.17) is 19.3 Å². The van der Waals surface area contributed by atoms with Crippen molar-refractivity contribution in [3.8, 4) is 17.6 Å². The Hall–Kier alpha value is -5.45. The van der Waals surface area contributed by atoms with Crippen molar-refractivity contribution in [1.29, 1.82) is 5.26 Å². The Morgan fingerprint density at radius 3 is 2.00 bits per heavy atom. The fraction of sp³-hybridized carbons (Fsp3) is 0.491. The number of unbranched alkanes of at least 4 members (excludes halogenated alkanes) is 3. The first-order valence-electron chi connectivity index (χ1n) is 26.1. The number of nitrogens with zero attached hydrogens (tertiary/aromatic N) is 4. The summed E-state index contributed by atoms with van der Waals surface area (Å²) >= 11 is 1.87. The number of nitrogens with two attached hydrogens (primary N) is 1. The number of rotatable bonds is 27. The number of nitro groups is 1. The number of thioether (sulfide) groups is 1. The number of urea groups is 1. The molecule has 0 aliphatic carbocycles. The van der Waals surface area contributed by atoms with Crippen LogP contribution in [-0.2, 0) is 21.7 Å². The standard InChI is InChI=1S/C55H74N7O9PS.H4NO2P/c1-38(2)61(39(3)4)72(68,69,34-16-32-56)40(5)47-35-41(22-31-49(47)62(66)67)36-60(52(64)21-12-9-15-33-57-51(63)20-14-13-19-50-53-48(37-73-50)58-54(65)59-53)55(42-17-10-8-11-18-42,43-23-27-45(70-6)28-24-43)44-25-29-46(71-7)30-26-44;1-4(2)3/h8,10-11,17-18,22-31,35,38-40,48,50,53,68-69H,9,12-16,19-21,33-34,36-37H2,1-7H3,(H,57,63)(H2,58,59,65);2-3H,1H2/t40?,48-,50-,53-;/m0./s1. The van der Waals surface area contributed by atoms with Crippen molar-refractivity contribution in [1.82, 2.24) is 25.5 Å². The van der Waals surface area contributed by atoms with Crippen molar-refractivity contribution in [2.75, 3.05) is 32.7 Å². The molecule has 0 aromatic heterocycles. The zero-order valence-electron chi connectivity index (χ0n) is 45.2. The Morgan fingerprint density at radius 2 is 1.45 bits per heavy atom. The van der Waals surface area contributed by atoms with Crippen LogP contribution in [0.15, 0.2) is 97.1 Å². The second-order valence-corrected chi connectivity index (χ2v) is 26.1. The van der Waals surface area contributed by atoms with Gasteiger partial charge in [0.15, 0.2) is 0 Å². The monoisotopic (exact) mass is 1120 g/mol. The van der Waals surface area contributed by atoms with Crippen molar-refractivity contribution in [3.63, 3.8) is 0 Å². The third kappa shape index (κ3) is 15.4. The predicted molar refractivity (Wildman–Crippen MR) is 304 cm³/mol. The van der Waals surface area contributed by atoms with E-state index in [9.17, 15) is 34.8 Å². The third-order valence-corrected chi connectivity index (χ3v) is 20.9. The van der Waals surface area contributed by atoms with Gasteiger partial charge >= 0.3 is 330 Å². The Morgan fingerprint density at radius 1 is 0.883 bits per heavy atom. The summed E-state index contributed by atoms with van der Waals surface area (Å²) in [6.45, 7) is 9.35. The number of nitrogens with one attached hydrogen (secondary N) is 3. The Kier molecular flexibility index (Phi) is 23.0. The number of nitriles is 1. The van der Waals surface area contributed by atoms with Gasteiger partial charge in [-0.05, 0) is 12.8 Å².